The number of nitrogens with zero attached hydrogens (tertiary/aromatic N) is 2. The number of hydrogen-bond acceptors (Lipinski definition) is 4. The number of amides is 1. The van der Waals surface area contributed by atoms with Crippen molar-refractivity contribution in [2.75, 3.05) is 27.2 Å². The van der Waals surface area contributed by atoms with E-state index in [-0.39, 0.29) is 23.3 Å². The Morgan fingerprint density at radius 2 is 1.94 bits per heavy atom. The van der Waals surface area contributed by atoms with Gasteiger partial charge in [-0.15, -0.1) is 0 Å². The molecule has 182 valence electrons. The van der Waals surface area contributed by atoms with E-state index in [4.69, 9.17) is 27.9 Å². The summed E-state index contributed by atoms with van der Waals surface area (Å²) in [5.41, 5.74) is 2.02. The number of likely N-dealkylation sites (N-methyl/N-ethyl adjacent to an activating group) is 1. The van der Waals surface area contributed by atoms with Crippen LogP contribution in [-0.4, -0.2) is 54.9 Å². The number of halogens is 2. The van der Waals surface area contributed by atoms with Crippen molar-refractivity contribution in [1.82, 2.24) is 9.80 Å². The van der Waals surface area contributed by atoms with Gasteiger partial charge in [-0.25, -0.2) is 0 Å². The second-order valence-corrected chi connectivity index (χ2v) is 10.7. The van der Waals surface area contributed by atoms with Crippen LogP contribution < -0.4 is 4.74 Å². The van der Waals surface area contributed by atoms with E-state index < -0.39 is 0 Å². The van der Waals surface area contributed by atoms with E-state index in [2.05, 4.69) is 18.0 Å². The number of esters is 1. The zero-order chi connectivity index (χ0) is 24.5. The monoisotopic (exact) mass is 502 g/mol. The van der Waals surface area contributed by atoms with Gasteiger partial charge < -0.3 is 14.5 Å². The quantitative estimate of drug-likeness (QED) is 0.407. The predicted molar refractivity (Wildman–Crippen MR) is 136 cm³/mol. The summed E-state index contributed by atoms with van der Waals surface area (Å²) in [5, 5.41) is 0.956. The van der Waals surface area contributed by atoms with Crippen LogP contribution in [0.4, 0.5) is 0 Å². The lowest BCUT2D eigenvalue weighted by molar-refractivity contribution is -0.133. The number of fused-ring (bicyclic) bond motifs is 1. The van der Waals surface area contributed by atoms with Crippen molar-refractivity contribution in [1.29, 1.82) is 0 Å². The molecule has 3 unspecified atom stereocenters. The van der Waals surface area contributed by atoms with Gasteiger partial charge in [-0.3, -0.25) is 9.59 Å². The first-order valence-corrected chi connectivity index (χ1v) is 12.6. The molecule has 2 aliphatic rings. The predicted octanol–water partition coefficient (Wildman–Crippen LogP) is 5.36. The van der Waals surface area contributed by atoms with Crippen LogP contribution >= 0.6 is 23.2 Å². The minimum absolute atomic E-state index is 0.0519. The van der Waals surface area contributed by atoms with E-state index in [1.807, 2.05) is 36.2 Å². The van der Waals surface area contributed by atoms with Crippen molar-refractivity contribution in [3.63, 3.8) is 0 Å². The standard InChI is InChI=1S/C27H32Cl2N2O3/c1-18(32)34-23-6-4-5-20(15-23)27-11-12-30(2)17-21(27)8-9-22(16-27)31(3)26(33)14-19-7-10-24(28)25(29)13-19/h4-7,10,13,15,21-22H,8-9,11-12,14,16-17H2,1-3H3. The average molecular weight is 503 g/mol. The molecule has 0 radical (unpaired) electrons. The maximum Gasteiger partial charge on any atom is 0.308 e. The molecule has 1 amide bonds. The summed E-state index contributed by atoms with van der Waals surface area (Å²) in [6.45, 7) is 3.46. The number of carbonyl (C=O) groups excluding carboxylic acids is 2. The van der Waals surface area contributed by atoms with Gasteiger partial charge in [0.15, 0.2) is 0 Å². The summed E-state index contributed by atoms with van der Waals surface area (Å²) in [7, 11) is 4.10. The Balaban J connectivity index is 1.57. The van der Waals surface area contributed by atoms with Crippen LogP contribution in [0.3, 0.4) is 0 Å². The third kappa shape index (κ3) is 5.27. The van der Waals surface area contributed by atoms with Gasteiger partial charge in [-0.05, 0) is 80.6 Å². The van der Waals surface area contributed by atoms with Crippen LogP contribution in [0, 0.1) is 5.92 Å². The number of rotatable bonds is 5. The smallest absolute Gasteiger partial charge is 0.308 e. The number of likely N-dealkylation sites (tertiary alicyclic amines) is 1. The van der Waals surface area contributed by atoms with Crippen LogP contribution in [0.1, 0.15) is 43.7 Å². The molecule has 3 atom stereocenters. The van der Waals surface area contributed by atoms with Gasteiger partial charge in [-0.2, -0.15) is 0 Å². The minimum atomic E-state index is -0.316. The normalized spacial score (nSPS) is 24.9. The zero-order valence-corrected chi connectivity index (χ0v) is 21.5. The molecule has 0 spiro atoms. The van der Waals surface area contributed by atoms with Gasteiger partial charge in [-0.1, -0.05) is 41.4 Å². The molecule has 2 aromatic carbocycles. The van der Waals surface area contributed by atoms with Crippen molar-refractivity contribution < 1.29 is 14.3 Å². The molecule has 1 aliphatic heterocycles. The van der Waals surface area contributed by atoms with Gasteiger partial charge in [0, 0.05) is 32.0 Å². The molecule has 0 N–H and O–H groups in total. The summed E-state index contributed by atoms with van der Waals surface area (Å²) >= 11 is 12.2. The number of benzene rings is 2. The molecule has 4 rings (SSSR count). The van der Waals surface area contributed by atoms with Crippen LogP contribution in [-0.2, 0) is 21.4 Å². The highest BCUT2D eigenvalue weighted by Crippen LogP contribution is 2.50. The molecule has 2 fully saturated rings. The number of ether oxygens (including phenoxy) is 1. The molecule has 2 aromatic rings. The van der Waals surface area contributed by atoms with E-state index in [1.54, 1.807) is 12.1 Å². The Kier molecular flexibility index (Phi) is 7.56. The molecule has 7 heteroatoms. The van der Waals surface area contributed by atoms with Crippen molar-refractivity contribution in [2.24, 2.45) is 5.92 Å². The Morgan fingerprint density at radius 1 is 1.15 bits per heavy atom. The lowest BCUT2D eigenvalue weighted by Gasteiger charge is -2.53. The fourth-order valence-corrected chi connectivity index (χ4v) is 6.13. The molecular formula is C27H32Cl2N2O3. The number of piperidine rings is 1. The summed E-state index contributed by atoms with van der Waals surface area (Å²) in [4.78, 5) is 29.1. The Labute approximate surface area is 212 Å². The first kappa shape index (κ1) is 25.0. The molecule has 1 saturated heterocycles. The number of hydrogen-bond donors (Lipinski definition) is 0. The summed E-state index contributed by atoms with van der Waals surface area (Å²) in [5.74, 6) is 0.846. The third-order valence-electron chi connectivity index (χ3n) is 7.65. The fourth-order valence-electron chi connectivity index (χ4n) is 5.81. The molecule has 34 heavy (non-hydrogen) atoms. The first-order chi connectivity index (χ1) is 16.2. The van der Waals surface area contributed by atoms with E-state index in [0.29, 0.717) is 28.1 Å². The Hall–Kier alpha value is -2.08. The van der Waals surface area contributed by atoms with Gasteiger partial charge in [0.2, 0.25) is 5.91 Å². The first-order valence-electron chi connectivity index (χ1n) is 11.8. The van der Waals surface area contributed by atoms with Crippen LogP contribution in [0.5, 0.6) is 5.75 Å². The van der Waals surface area contributed by atoms with Crippen LogP contribution in [0.2, 0.25) is 10.0 Å². The second-order valence-electron chi connectivity index (χ2n) is 9.85. The highest BCUT2D eigenvalue weighted by Gasteiger charge is 2.48. The lowest BCUT2D eigenvalue weighted by Crippen LogP contribution is -2.55. The SMILES string of the molecule is CC(=O)Oc1cccc(C23CCN(C)CC2CCC(N(C)C(=O)Cc2ccc(Cl)c(Cl)c2)C3)c1. The summed E-state index contributed by atoms with van der Waals surface area (Å²) < 4.78 is 5.41. The van der Waals surface area contributed by atoms with Crippen molar-refractivity contribution in [2.45, 2.75) is 50.5 Å². The van der Waals surface area contributed by atoms with Crippen molar-refractivity contribution in [3.8, 4) is 5.75 Å². The van der Waals surface area contributed by atoms with Crippen molar-refractivity contribution in [3.05, 3.63) is 63.6 Å². The topological polar surface area (TPSA) is 49.9 Å². The Bertz CT molecular complexity index is 1080. The van der Waals surface area contributed by atoms with E-state index in [1.165, 1.54) is 12.5 Å². The van der Waals surface area contributed by atoms with E-state index >= 15 is 0 Å². The summed E-state index contributed by atoms with van der Waals surface area (Å²) in [6.07, 6.45) is 4.25. The Morgan fingerprint density at radius 3 is 2.68 bits per heavy atom. The molecular weight excluding hydrogens is 471 g/mol. The molecule has 5 nitrogen and oxygen atoms in total. The van der Waals surface area contributed by atoms with Crippen molar-refractivity contribution >= 4 is 35.1 Å². The van der Waals surface area contributed by atoms with E-state index in [0.717, 1.165) is 44.3 Å². The highest BCUT2D eigenvalue weighted by molar-refractivity contribution is 6.42. The van der Waals surface area contributed by atoms with Crippen LogP contribution in [0.25, 0.3) is 0 Å². The maximum atomic E-state index is 13.2. The van der Waals surface area contributed by atoms with Gasteiger partial charge in [0.1, 0.15) is 5.75 Å². The highest BCUT2D eigenvalue weighted by atomic mass is 35.5. The molecule has 0 bridgehead atoms. The fraction of sp³-hybridized carbons (Fsp3) is 0.481. The van der Waals surface area contributed by atoms with E-state index in [9.17, 15) is 9.59 Å². The maximum absolute atomic E-state index is 13.2. The molecule has 1 saturated carbocycles. The second kappa shape index (κ2) is 10.3. The molecule has 1 aliphatic carbocycles. The van der Waals surface area contributed by atoms with Crippen LogP contribution in [0.15, 0.2) is 42.5 Å². The number of carbonyl (C=O) groups is 2. The lowest BCUT2D eigenvalue weighted by atomic mass is 9.58. The third-order valence-corrected chi connectivity index (χ3v) is 8.39. The van der Waals surface area contributed by atoms with Gasteiger partial charge in [0.25, 0.3) is 0 Å². The van der Waals surface area contributed by atoms with Gasteiger partial charge >= 0.3 is 5.97 Å². The zero-order valence-electron chi connectivity index (χ0n) is 20.0. The average Bonchev–Trinajstić information content (AvgIpc) is 2.80. The minimum Gasteiger partial charge on any atom is -0.427 e. The summed E-state index contributed by atoms with van der Waals surface area (Å²) in [6, 6.07) is 13.5. The van der Waals surface area contributed by atoms with Gasteiger partial charge in [0.05, 0.1) is 16.5 Å². The molecule has 0 aromatic heterocycles. The molecule has 1 heterocycles. The largest absolute Gasteiger partial charge is 0.427 e.